The standard InChI is InChI=1S/C22H16F3N3O2/c23-22(24,25)14-30-19-13-26-12-17-21(19)18(29)11-20(27-15-7-3-1-4-8-15)28(17)16-9-5-2-6-10-16/h1-13,27H,14H2. The van der Waals surface area contributed by atoms with Crippen LogP contribution in [0.4, 0.5) is 24.7 Å². The van der Waals surface area contributed by atoms with E-state index >= 15 is 0 Å². The van der Waals surface area contributed by atoms with Gasteiger partial charge in [-0.15, -0.1) is 0 Å². The molecule has 0 saturated carbocycles. The third kappa shape index (κ3) is 4.12. The van der Waals surface area contributed by atoms with Gasteiger partial charge in [0.15, 0.2) is 17.8 Å². The van der Waals surface area contributed by atoms with Gasteiger partial charge in [-0.1, -0.05) is 36.4 Å². The highest BCUT2D eigenvalue weighted by molar-refractivity contribution is 5.88. The number of nitrogens with one attached hydrogen (secondary N) is 1. The van der Waals surface area contributed by atoms with Crippen LogP contribution < -0.4 is 15.5 Å². The Balaban J connectivity index is 1.93. The second kappa shape index (κ2) is 7.90. The highest BCUT2D eigenvalue weighted by Gasteiger charge is 2.29. The summed E-state index contributed by atoms with van der Waals surface area (Å²) in [5, 5.41) is 3.22. The number of benzene rings is 2. The van der Waals surface area contributed by atoms with E-state index in [0.29, 0.717) is 17.0 Å². The lowest BCUT2D eigenvalue weighted by Crippen LogP contribution is -2.20. The first-order valence-corrected chi connectivity index (χ1v) is 9.03. The van der Waals surface area contributed by atoms with Crippen molar-refractivity contribution in [3.63, 3.8) is 0 Å². The van der Waals surface area contributed by atoms with Gasteiger partial charge in [-0.25, -0.2) is 0 Å². The molecule has 1 N–H and O–H groups in total. The summed E-state index contributed by atoms with van der Waals surface area (Å²) in [6, 6.07) is 19.7. The van der Waals surface area contributed by atoms with Crippen LogP contribution in [0.15, 0.2) is 83.9 Å². The Morgan fingerprint density at radius 1 is 0.967 bits per heavy atom. The van der Waals surface area contributed by atoms with Gasteiger partial charge in [-0.2, -0.15) is 13.2 Å². The Kier molecular flexibility index (Phi) is 5.14. The average molecular weight is 411 g/mol. The van der Waals surface area contributed by atoms with Crippen molar-refractivity contribution < 1.29 is 17.9 Å². The molecule has 0 fully saturated rings. The van der Waals surface area contributed by atoms with Crippen LogP contribution in [0.1, 0.15) is 0 Å². The lowest BCUT2D eigenvalue weighted by atomic mass is 10.2. The number of halogens is 3. The fourth-order valence-corrected chi connectivity index (χ4v) is 3.12. The number of pyridine rings is 2. The van der Waals surface area contributed by atoms with Crippen LogP contribution in [0.5, 0.6) is 5.75 Å². The maximum atomic E-state index is 12.9. The molecule has 5 nitrogen and oxygen atoms in total. The monoisotopic (exact) mass is 411 g/mol. The van der Waals surface area contributed by atoms with Gasteiger partial charge in [-0.3, -0.25) is 14.3 Å². The minimum atomic E-state index is -4.53. The van der Waals surface area contributed by atoms with Crippen molar-refractivity contribution in [1.82, 2.24) is 9.55 Å². The van der Waals surface area contributed by atoms with Crippen LogP contribution in [0.25, 0.3) is 16.6 Å². The van der Waals surface area contributed by atoms with Gasteiger partial charge in [0.25, 0.3) is 0 Å². The van der Waals surface area contributed by atoms with Crippen LogP contribution >= 0.6 is 0 Å². The van der Waals surface area contributed by atoms with Crippen molar-refractivity contribution in [3.05, 3.63) is 89.3 Å². The molecule has 2 aromatic heterocycles. The molecule has 0 radical (unpaired) electrons. The largest absolute Gasteiger partial charge is 0.482 e. The van der Waals surface area contributed by atoms with E-state index < -0.39 is 18.2 Å². The highest BCUT2D eigenvalue weighted by atomic mass is 19.4. The number of ether oxygens (including phenoxy) is 1. The van der Waals surface area contributed by atoms with Gasteiger partial charge in [0.05, 0.1) is 23.3 Å². The van der Waals surface area contributed by atoms with E-state index in [0.717, 1.165) is 11.9 Å². The van der Waals surface area contributed by atoms with Gasteiger partial charge < -0.3 is 10.1 Å². The van der Waals surface area contributed by atoms with Gasteiger partial charge in [0.2, 0.25) is 0 Å². The normalized spacial score (nSPS) is 11.4. The first-order chi connectivity index (χ1) is 14.4. The summed E-state index contributed by atoms with van der Waals surface area (Å²) in [7, 11) is 0. The molecule has 0 aliphatic carbocycles. The fourth-order valence-electron chi connectivity index (χ4n) is 3.12. The molecule has 30 heavy (non-hydrogen) atoms. The Hall–Kier alpha value is -3.81. The van der Waals surface area contributed by atoms with Gasteiger partial charge in [0.1, 0.15) is 5.82 Å². The Morgan fingerprint density at radius 2 is 1.63 bits per heavy atom. The molecule has 0 aliphatic rings. The van der Waals surface area contributed by atoms with Crippen molar-refractivity contribution >= 4 is 22.4 Å². The summed E-state index contributed by atoms with van der Waals surface area (Å²) in [5.74, 6) is 0.227. The van der Waals surface area contributed by atoms with Crippen molar-refractivity contribution in [2.45, 2.75) is 6.18 Å². The molecule has 8 heteroatoms. The number of hydrogen-bond donors (Lipinski definition) is 1. The number of aromatic nitrogens is 2. The molecule has 2 heterocycles. The van der Waals surface area contributed by atoms with Crippen LogP contribution in [0, 0.1) is 0 Å². The lowest BCUT2D eigenvalue weighted by Gasteiger charge is -2.19. The zero-order valence-corrected chi connectivity index (χ0v) is 15.6. The lowest BCUT2D eigenvalue weighted by molar-refractivity contribution is -0.153. The summed E-state index contributed by atoms with van der Waals surface area (Å²) >= 11 is 0. The fraction of sp³-hybridized carbons (Fsp3) is 0.0909. The molecule has 0 atom stereocenters. The summed E-state index contributed by atoms with van der Waals surface area (Å²) in [5.41, 5.74) is 1.30. The van der Waals surface area contributed by atoms with Crippen LogP contribution in [0.3, 0.4) is 0 Å². The Morgan fingerprint density at radius 3 is 2.30 bits per heavy atom. The number of para-hydroxylation sites is 2. The number of rotatable bonds is 5. The predicted molar refractivity (Wildman–Crippen MR) is 109 cm³/mol. The van der Waals surface area contributed by atoms with E-state index in [2.05, 4.69) is 10.3 Å². The van der Waals surface area contributed by atoms with Crippen LogP contribution in [0.2, 0.25) is 0 Å². The zero-order chi connectivity index (χ0) is 21.1. The van der Waals surface area contributed by atoms with E-state index in [4.69, 9.17) is 4.74 Å². The summed E-state index contributed by atoms with van der Waals surface area (Å²) < 4.78 is 44.6. The summed E-state index contributed by atoms with van der Waals surface area (Å²) in [6.07, 6.45) is -1.98. The van der Waals surface area contributed by atoms with E-state index in [9.17, 15) is 18.0 Å². The molecular weight excluding hydrogens is 395 g/mol. The molecule has 0 amide bonds. The Bertz CT molecular complexity index is 1220. The maximum absolute atomic E-state index is 12.9. The van der Waals surface area contributed by atoms with Crippen LogP contribution in [-0.4, -0.2) is 22.3 Å². The molecule has 0 spiro atoms. The zero-order valence-electron chi connectivity index (χ0n) is 15.6. The topological polar surface area (TPSA) is 56.2 Å². The van der Waals surface area contributed by atoms with E-state index in [1.807, 2.05) is 60.7 Å². The van der Waals surface area contributed by atoms with Crippen molar-refractivity contribution in [3.8, 4) is 11.4 Å². The highest BCUT2D eigenvalue weighted by Crippen LogP contribution is 2.29. The minimum absolute atomic E-state index is 0.0247. The molecule has 0 bridgehead atoms. The number of hydrogen-bond acceptors (Lipinski definition) is 4. The molecule has 4 aromatic rings. The van der Waals surface area contributed by atoms with Gasteiger partial charge >= 0.3 is 6.18 Å². The van der Waals surface area contributed by atoms with E-state index in [-0.39, 0.29) is 11.1 Å². The number of nitrogens with zero attached hydrogens (tertiary/aromatic N) is 2. The quantitative estimate of drug-likeness (QED) is 0.498. The van der Waals surface area contributed by atoms with Gasteiger partial charge in [-0.05, 0) is 24.3 Å². The summed E-state index contributed by atoms with van der Waals surface area (Å²) in [6.45, 7) is -1.51. The van der Waals surface area contributed by atoms with Crippen molar-refractivity contribution in [1.29, 1.82) is 0 Å². The third-order valence-electron chi connectivity index (χ3n) is 4.34. The first kappa shape index (κ1) is 19.5. The van der Waals surface area contributed by atoms with Crippen LogP contribution in [-0.2, 0) is 0 Å². The second-order valence-corrected chi connectivity index (χ2v) is 6.49. The molecule has 0 saturated heterocycles. The molecule has 4 rings (SSSR count). The van der Waals surface area contributed by atoms with Crippen molar-refractivity contribution in [2.75, 3.05) is 11.9 Å². The number of alkyl halides is 3. The van der Waals surface area contributed by atoms with Crippen molar-refractivity contribution in [2.24, 2.45) is 0 Å². The van der Waals surface area contributed by atoms with E-state index in [1.54, 1.807) is 4.57 Å². The maximum Gasteiger partial charge on any atom is 0.422 e. The first-order valence-electron chi connectivity index (χ1n) is 9.03. The average Bonchev–Trinajstić information content (AvgIpc) is 2.73. The number of fused-ring (bicyclic) bond motifs is 1. The SMILES string of the molecule is O=c1cc(Nc2ccccc2)n(-c2ccccc2)c2cncc(OCC(F)(F)F)c12. The minimum Gasteiger partial charge on any atom is -0.482 e. The molecule has 0 aliphatic heterocycles. The number of anilines is 2. The van der Waals surface area contributed by atoms with E-state index in [1.165, 1.54) is 12.3 Å². The van der Waals surface area contributed by atoms with Gasteiger partial charge in [0, 0.05) is 17.4 Å². The molecule has 152 valence electrons. The molecule has 0 unspecified atom stereocenters. The third-order valence-corrected chi connectivity index (χ3v) is 4.34. The smallest absolute Gasteiger partial charge is 0.422 e. The summed E-state index contributed by atoms with van der Waals surface area (Å²) in [4.78, 5) is 16.9. The Labute approximate surface area is 169 Å². The predicted octanol–water partition coefficient (Wildman–Crippen LogP) is 5.07. The second-order valence-electron chi connectivity index (χ2n) is 6.49. The molecule has 2 aromatic carbocycles. The molecular formula is C22H16F3N3O2.